The molecule has 0 aliphatic carbocycles. The van der Waals surface area contributed by atoms with Crippen LogP contribution in [0.4, 0.5) is 0 Å². The molecule has 1 aromatic carbocycles. The Bertz CT molecular complexity index is 427. The van der Waals surface area contributed by atoms with Crippen LogP contribution in [0.2, 0.25) is 0 Å². The first-order chi connectivity index (χ1) is 8.40. The highest BCUT2D eigenvalue weighted by Gasteiger charge is 2.08. The molecule has 0 unspecified atom stereocenters. The summed E-state index contributed by atoms with van der Waals surface area (Å²) < 4.78 is 0. The van der Waals surface area contributed by atoms with Crippen LogP contribution in [0.1, 0.15) is 60.9 Å². The number of ketones is 3. The SMILES string of the molecule is CC.CC(=O)Cc1cc(C(C)=O)cc(C(C)=O)c1. The number of rotatable bonds is 4. The van der Waals surface area contributed by atoms with Gasteiger partial charge in [-0.25, -0.2) is 0 Å². The van der Waals surface area contributed by atoms with Gasteiger partial charge in [0, 0.05) is 17.5 Å². The molecule has 98 valence electrons. The molecule has 0 amide bonds. The number of benzene rings is 1. The number of carbonyl (C=O) groups is 3. The molecule has 0 aliphatic rings. The van der Waals surface area contributed by atoms with Crippen LogP contribution in [0.3, 0.4) is 0 Å². The highest BCUT2D eigenvalue weighted by atomic mass is 16.1. The molecule has 0 aromatic heterocycles. The third kappa shape index (κ3) is 5.04. The summed E-state index contributed by atoms with van der Waals surface area (Å²) in [5.74, 6) is -0.198. The fourth-order valence-electron chi connectivity index (χ4n) is 1.49. The van der Waals surface area contributed by atoms with Gasteiger partial charge in [0.15, 0.2) is 11.6 Å². The van der Waals surface area contributed by atoms with Gasteiger partial charge >= 0.3 is 0 Å². The molecule has 0 N–H and O–H groups in total. The van der Waals surface area contributed by atoms with E-state index in [-0.39, 0.29) is 23.8 Å². The molecule has 3 heteroatoms. The van der Waals surface area contributed by atoms with Gasteiger partial charge in [0.1, 0.15) is 5.78 Å². The molecule has 0 atom stereocenters. The molecule has 0 saturated carbocycles. The Morgan fingerprint density at radius 1 is 0.833 bits per heavy atom. The number of carbonyl (C=O) groups excluding carboxylic acids is 3. The van der Waals surface area contributed by atoms with E-state index in [0.717, 1.165) is 0 Å². The second-order valence-electron chi connectivity index (χ2n) is 3.91. The Hall–Kier alpha value is -1.77. The van der Waals surface area contributed by atoms with Crippen LogP contribution in [0.15, 0.2) is 18.2 Å². The molecular formula is C15H20O3. The first-order valence-electron chi connectivity index (χ1n) is 6.05. The molecule has 0 radical (unpaired) electrons. The van der Waals surface area contributed by atoms with Crippen molar-refractivity contribution in [3.05, 3.63) is 34.9 Å². The van der Waals surface area contributed by atoms with Crippen molar-refractivity contribution in [3.63, 3.8) is 0 Å². The van der Waals surface area contributed by atoms with Crippen LogP contribution in [0, 0.1) is 0 Å². The van der Waals surface area contributed by atoms with Gasteiger partial charge in [-0.15, -0.1) is 0 Å². The monoisotopic (exact) mass is 248 g/mol. The van der Waals surface area contributed by atoms with E-state index >= 15 is 0 Å². The minimum absolute atomic E-state index is 0.00945. The van der Waals surface area contributed by atoms with Crippen molar-refractivity contribution in [2.75, 3.05) is 0 Å². The van der Waals surface area contributed by atoms with Gasteiger partial charge in [-0.1, -0.05) is 13.8 Å². The van der Waals surface area contributed by atoms with Crippen LogP contribution >= 0.6 is 0 Å². The lowest BCUT2D eigenvalue weighted by molar-refractivity contribution is -0.116. The van der Waals surface area contributed by atoms with Crippen molar-refractivity contribution in [1.29, 1.82) is 0 Å². The molecule has 0 bridgehead atoms. The topological polar surface area (TPSA) is 51.2 Å². The highest BCUT2D eigenvalue weighted by molar-refractivity contribution is 6.00. The molecule has 0 spiro atoms. The van der Waals surface area contributed by atoms with E-state index in [1.54, 1.807) is 18.2 Å². The van der Waals surface area contributed by atoms with Crippen molar-refractivity contribution in [2.24, 2.45) is 0 Å². The van der Waals surface area contributed by atoms with Gasteiger partial charge in [-0.05, 0) is 44.5 Å². The van der Waals surface area contributed by atoms with Gasteiger partial charge in [0.2, 0.25) is 0 Å². The minimum atomic E-state index is -0.104. The average Bonchev–Trinajstić information content (AvgIpc) is 2.30. The molecule has 1 aromatic rings. The quantitative estimate of drug-likeness (QED) is 0.768. The Morgan fingerprint density at radius 2 is 1.22 bits per heavy atom. The Labute approximate surface area is 108 Å². The van der Waals surface area contributed by atoms with Crippen molar-refractivity contribution in [2.45, 2.75) is 41.0 Å². The molecule has 1 rings (SSSR count). The largest absolute Gasteiger partial charge is 0.300 e. The van der Waals surface area contributed by atoms with E-state index in [9.17, 15) is 14.4 Å². The van der Waals surface area contributed by atoms with Crippen molar-refractivity contribution in [1.82, 2.24) is 0 Å². The lowest BCUT2D eigenvalue weighted by atomic mass is 9.99. The maximum atomic E-state index is 11.3. The normalized spacial score (nSPS) is 9.17. The van der Waals surface area contributed by atoms with Gasteiger partial charge in [-0.2, -0.15) is 0 Å². The first kappa shape index (κ1) is 16.2. The van der Waals surface area contributed by atoms with Crippen LogP contribution < -0.4 is 0 Å². The molecule has 18 heavy (non-hydrogen) atoms. The third-order valence-electron chi connectivity index (χ3n) is 2.26. The predicted octanol–water partition coefficient (Wildman–Crippen LogP) is 3.25. The summed E-state index contributed by atoms with van der Waals surface area (Å²) in [5, 5.41) is 0. The van der Waals surface area contributed by atoms with E-state index in [1.165, 1.54) is 20.8 Å². The predicted molar refractivity (Wildman–Crippen MR) is 72.2 cm³/mol. The second kappa shape index (κ2) is 7.54. The molecule has 3 nitrogen and oxygen atoms in total. The maximum absolute atomic E-state index is 11.3. The zero-order valence-electron chi connectivity index (χ0n) is 11.7. The summed E-state index contributed by atoms with van der Waals surface area (Å²) in [4.78, 5) is 33.5. The second-order valence-corrected chi connectivity index (χ2v) is 3.91. The zero-order valence-corrected chi connectivity index (χ0v) is 11.7. The Balaban J connectivity index is 0.00000137. The van der Waals surface area contributed by atoms with Crippen LogP contribution in [-0.4, -0.2) is 17.3 Å². The standard InChI is InChI=1S/C13H14O3.C2H6/c1-8(14)4-11-5-12(9(2)15)7-13(6-11)10(3)16;1-2/h5-7H,4H2,1-3H3;1-2H3. The molecule has 0 aliphatic heterocycles. The van der Waals surface area contributed by atoms with Crippen molar-refractivity contribution < 1.29 is 14.4 Å². The fraction of sp³-hybridized carbons (Fsp3) is 0.400. The zero-order chi connectivity index (χ0) is 14.3. The Morgan fingerprint density at radius 3 is 1.50 bits per heavy atom. The summed E-state index contributed by atoms with van der Waals surface area (Å²) in [6.07, 6.45) is 0.251. The molecule has 0 saturated heterocycles. The number of hydrogen-bond acceptors (Lipinski definition) is 3. The number of Topliss-reactive ketones (excluding diaryl/α,β-unsaturated/α-hetero) is 3. The smallest absolute Gasteiger partial charge is 0.159 e. The summed E-state index contributed by atoms with van der Waals surface area (Å²) in [6.45, 7) is 8.36. The van der Waals surface area contributed by atoms with Gasteiger partial charge in [-0.3, -0.25) is 14.4 Å². The van der Waals surface area contributed by atoms with Gasteiger partial charge in [0.05, 0.1) is 0 Å². The first-order valence-corrected chi connectivity index (χ1v) is 6.05. The fourth-order valence-corrected chi connectivity index (χ4v) is 1.49. The van der Waals surface area contributed by atoms with E-state index in [4.69, 9.17) is 0 Å². The van der Waals surface area contributed by atoms with E-state index in [2.05, 4.69) is 0 Å². The lowest BCUT2D eigenvalue weighted by Crippen LogP contribution is -2.03. The van der Waals surface area contributed by atoms with Crippen molar-refractivity contribution >= 4 is 17.3 Å². The summed E-state index contributed by atoms with van der Waals surface area (Å²) >= 11 is 0. The van der Waals surface area contributed by atoms with E-state index in [1.807, 2.05) is 13.8 Å². The molecule has 0 fully saturated rings. The third-order valence-corrected chi connectivity index (χ3v) is 2.26. The van der Waals surface area contributed by atoms with Crippen LogP contribution in [0.25, 0.3) is 0 Å². The summed E-state index contributed by atoms with van der Waals surface area (Å²) in [7, 11) is 0. The average molecular weight is 248 g/mol. The Kier molecular flexibility index (Phi) is 6.79. The summed E-state index contributed by atoms with van der Waals surface area (Å²) in [6, 6.07) is 4.89. The lowest BCUT2D eigenvalue weighted by Gasteiger charge is -2.04. The highest BCUT2D eigenvalue weighted by Crippen LogP contribution is 2.13. The van der Waals surface area contributed by atoms with Gasteiger partial charge in [0.25, 0.3) is 0 Å². The van der Waals surface area contributed by atoms with Crippen LogP contribution in [0.5, 0.6) is 0 Å². The maximum Gasteiger partial charge on any atom is 0.159 e. The molecular weight excluding hydrogens is 228 g/mol. The molecule has 0 heterocycles. The number of hydrogen-bond donors (Lipinski definition) is 0. The van der Waals surface area contributed by atoms with E-state index in [0.29, 0.717) is 16.7 Å². The summed E-state index contributed by atoms with van der Waals surface area (Å²) in [5.41, 5.74) is 1.67. The van der Waals surface area contributed by atoms with Crippen LogP contribution in [-0.2, 0) is 11.2 Å². The van der Waals surface area contributed by atoms with Crippen molar-refractivity contribution in [3.8, 4) is 0 Å². The minimum Gasteiger partial charge on any atom is -0.300 e. The van der Waals surface area contributed by atoms with E-state index < -0.39 is 0 Å². The van der Waals surface area contributed by atoms with Gasteiger partial charge < -0.3 is 0 Å².